The fraction of sp³-hybridized carbons (Fsp3) is 0.971. The van der Waals surface area contributed by atoms with E-state index in [4.69, 9.17) is 4.74 Å². The molecule has 0 rings (SSSR count). The van der Waals surface area contributed by atoms with Gasteiger partial charge >= 0.3 is 5.97 Å². The molecule has 0 fully saturated rings. The maximum atomic E-state index is 12.5. The molecule has 448 valence electrons. The number of hydrogen-bond donors (Lipinski definition) is 3. The summed E-state index contributed by atoms with van der Waals surface area (Å²) in [4.78, 5) is 24.6. The number of aliphatic hydroxyl groups is 2. The summed E-state index contributed by atoms with van der Waals surface area (Å²) >= 11 is 0. The highest BCUT2D eigenvalue weighted by Gasteiger charge is 2.20. The fourth-order valence-electron chi connectivity index (χ4n) is 11.4. The van der Waals surface area contributed by atoms with E-state index in [1.54, 1.807) is 0 Å². The molecule has 0 aliphatic carbocycles. The van der Waals surface area contributed by atoms with Crippen LogP contribution in [0, 0.1) is 0 Å². The molecule has 0 saturated heterocycles. The summed E-state index contributed by atoms with van der Waals surface area (Å²) in [5, 5.41) is 23.4. The quantitative estimate of drug-likeness (QED) is 0.0417. The third-order valence-electron chi connectivity index (χ3n) is 16.7. The highest BCUT2D eigenvalue weighted by atomic mass is 16.5. The number of hydrogen-bond acceptors (Lipinski definition) is 5. The van der Waals surface area contributed by atoms with Gasteiger partial charge in [0.15, 0.2) is 0 Å². The van der Waals surface area contributed by atoms with Crippen LogP contribution in [0.25, 0.3) is 0 Å². The second-order valence-electron chi connectivity index (χ2n) is 24.2. The van der Waals surface area contributed by atoms with E-state index < -0.39 is 12.1 Å². The van der Waals surface area contributed by atoms with Gasteiger partial charge in [0.25, 0.3) is 0 Å². The molecule has 0 bridgehead atoms. The minimum atomic E-state index is -0.665. The smallest absolute Gasteiger partial charge is 0.305 e. The van der Waals surface area contributed by atoms with Gasteiger partial charge < -0.3 is 20.3 Å². The van der Waals surface area contributed by atoms with Crippen LogP contribution >= 0.6 is 0 Å². The van der Waals surface area contributed by atoms with Crippen LogP contribution in [-0.4, -0.2) is 47.4 Å². The van der Waals surface area contributed by atoms with Crippen LogP contribution in [0.4, 0.5) is 0 Å². The summed E-state index contributed by atoms with van der Waals surface area (Å²) in [7, 11) is 0. The second kappa shape index (κ2) is 65.4. The van der Waals surface area contributed by atoms with Gasteiger partial charge in [0, 0.05) is 12.8 Å². The molecule has 6 nitrogen and oxygen atoms in total. The molecule has 0 aromatic heterocycles. The topological polar surface area (TPSA) is 95.9 Å². The van der Waals surface area contributed by atoms with Gasteiger partial charge in [0.1, 0.15) is 0 Å². The lowest BCUT2D eigenvalue weighted by Crippen LogP contribution is -2.45. The van der Waals surface area contributed by atoms with Crippen molar-refractivity contribution in [3.05, 3.63) is 0 Å². The van der Waals surface area contributed by atoms with Gasteiger partial charge in [-0.05, 0) is 25.7 Å². The van der Waals surface area contributed by atoms with Gasteiger partial charge in [-0.25, -0.2) is 0 Å². The molecule has 6 heteroatoms. The van der Waals surface area contributed by atoms with Crippen molar-refractivity contribution in [3.63, 3.8) is 0 Å². The highest BCUT2D eigenvalue weighted by molar-refractivity contribution is 5.76. The molecule has 0 heterocycles. The SMILES string of the molecule is CCCCCCCCCCCCCCCCCCCCCC(O)C(CO)NC(=O)CCCCCCCCCCCCCCCCCCCCCCCOC(=O)CCCCCCCCCCCCCCCCCCCC. The Bertz CT molecular complexity index is 1080. The number of esters is 1. The van der Waals surface area contributed by atoms with E-state index >= 15 is 0 Å². The standard InChI is InChI=1S/C69H137NO5/c1-3-5-7-9-11-13-15-17-19-21-26-29-33-37-41-45-49-53-57-61-67(72)66(65-71)70-68(73)62-58-54-50-46-42-38-34-30-27-24-23-25-28-32-36-40-44-48-52-56-60-64-75-69(74)63-59-55-51-47-43-39-35-31-22-20-18-16-14-12-10-8-6-4-2/h66-67,71-72H,3-65H2,1-2H3,(H,70,73). The Morgan fingerprint density at radius 1 is 0.320 bits per heavy atom. The summed E-state index contributed by atoms with van der Waals surface area (Å²) < 4.78 is 5.51. The number of carbonyl (C=O) groups excluding carboxylic acids is 2. The Kier molecular flexibility index (Phi) is 64.4. The van der Waals surface area contributed by atoms with Crippen LogP contribution in [0.2, 0.25) is 0 Å². The largest absolute Gasteiger partial charge is 0.466 e. The lowest BCUT2D eigenvalue weighted by molar-refractivity contribution is -0.143. The number of ether oxygens (including phenoxy) is 1. The van der Waals surface area contributed by atoms with E-state index in [0.29, 0.717) is 25.9 Å². The Hall–Kier alpha value is -1.14. The van der Waals surface area contributed by atoms with Crippen molar-refractivity contribution in [1.82, 2.24) is 5.32 Å². The Balaban J connectivity index is 3.36. The van der Waals surface area contributed by atoms with Crippen LogP contribution in [0.1, 0.15) is 406 Å². The third-order valence-corrected chi connectivity index (χ3v) is 16.7. The maximum Gasteiger partial charge on any atom is 0.305 e. The zero-order valence-corrected chi connectivity index (χ0v) is 51.3. The molecule has 0 saturated carbocycles. The van der Waals surface area contributed by atoms with Gasteiger partial charge in [0.2, 0.25) is 5.91 Å². The minimum absolute atomic E-state index is 0.0180. The van der Waals surface area contributed by atoms with Crippen LogP contribution in [0.15, 0.2) is 0 Å². The summed E-state index contributed by atoms with van der Waals surface area (Å²) in [5.74, 6) is -0.0129. The zero-order chi connectivity index (χ0) is 54.3. The molecule has 2 unspecified atom stereocenters. The van der Waals surface area contributed by atoms with E-state index in [9.17, 15) is 19.8 Å². The Morgan fingerprint density at radius 2 is 0.547 bits per heavy atom. The van der Waals surface area contributed by atoms with Gasteiger partial charge in [0.05, 0.1) is 25.4 Å². The number of aliphatic hydroxyl groups excluding tert-OH is 2. The number of amides is 1. The van der Waals surface area contributed by atoms with Gasteiger partial charge in [-0.3, -0.25) is 9.59 Å². The van der Waals surface area contributed by atoms with Crippen LogP contribution < -0.4 is 5.32 Å². The van der Waals surface area contributed by atoms with Crippen molar-refractivity contribution in [2.75, 3.05) is 13.2 Å². The number of unbranched alkanes of at least 4 members (excludes halogenated alkanes) is 55. The van der Waals surface area contributed by atoms with Gasteiger partial charge in [-0.1, -0.05) is 367 Å². The van der Waals surface area contributed by atoms with E-state index in [-0.39, 0.29) is 18.5 Å². The van der Waals surface area contributed by atoms with E-state index in [0.717, 1.165) is 38.5 Å². The predicted molar refractivity (Wildman–Crippen MR) is 329 cm³/mol. The normalized spacial score (nSPS) is 12.4. The third kappa shape index (κ3) is 61.9. The predicted octanol–water partition coefficient (Wildman–Crippen LogP) is 22.2. The van der Waals surface area contributed by atoms with Crippen molar-refractivity contribution in [2.45, 2.75) is 418 Å². The molecule has 0 aromatic carbocycles. The van der Waals surface area contributed by atoms with Crippen molar-refractivity contribution in [1.29, 1.82) is 0 Å². The van der Waals surface area contributed by atoms with Gasteiger partial charge in [-0.2, -0.15) is 0 Å². The minimum Gasteiger partial charge on any atom is -0.466 e. The second-order valence-corrected chi connectivity index (χ2v) is 24.2. The first-order valence-electron chi connectivity index (χ1n) is 34.8. The van der Waals surface area contributed by atoms with Crippen molar-refractivity contribution in [3.8, 4) is 0 Å². The average Bonchev–Trinajstić information content (AvgIpc) is 3.41. The molecule has 0 aliphatic rings. The molecule has 75 heavy (non-hydrogen) atoms. The Labute approximate surface area is 470 Å². The van der Waals surface area contributed by atoms with Crippen LogP contribution in [0.3, 0.4) is 0 Å². The number of rotatable bonds is 66. The fourth-order valence-corrected chi connectivity index (χ4v) is 11.4. The molecule has 3 N–H and O–H groups in total. The molecular weight excluding hydrogens is 923 g/mol. The molecule has 0 radical (unpaired) electrons. The Morgan fingerprint density at radius 3 is 0.813 bits per heavy atom. The first-order valence-corrected chi connectivity index (χ1v) is 34.8. The molecule has 0 spiro atoms. The summed E-state index contributed by atoms with van der Waals surface area (Å²) in [6.45, 7) is 5.00. The molecule has 0 aliphatic heterocycles. The van der Waals surface area contributed by atoms with Crippen molar-refractivity contribution in [2.24, 2.45) is 0 Å². The van der Waals surface area contributed by atoms with Crippen molar-refractivity contribution >= 4 is 11.9 Å². The molecule has 2 atom stereocenters. The monoisotopic (exact) mass is 1060 g/mol. The number of carbonyl (C=O) groups is 2. The summed E-state index contributed by atoms with van der Waals surface area (Å²) in [6.07, 6.45) is 78.5. The van der Waals surface area contributed by atoms with Gasteiger partial charge in [-0.15, -0.1) is 0 Å². The van der Waals surface area contributed by atoms with Crippen LogP contribution in [0.5, 0.6) is 0 Å². The first kappa shape index (κ1) is 73.9. The lowest BCUT2D eigenvalue weighted by Gasteiger charge is -2.22. The highest BCUT2D eigenvalue weighted by Crippen LogP contribution is 2.19. The molecular formula is C69H137NO5. The molecule has 0 aromatic rings. The van der Waals surface area contributed by atoms with E-state index in [1.807, 2.05) is 0 Å². The van der Waals surface area contributed by atoms with E-state index in [2.05, 4.69) is 19.2 Å². The number of nitrogens with one attached hydrogen (secondary N) is 1. The summed E-state index contributed by atoms with van der Waals surface area (Å²) in [6, 6.07) is -0.542. The molecule has 1 amide bonds. The van der Waals surface area contributed by atoms with E-state index in [1.165, 1.54) is 334 Å². The van der Waals surface area contributed by atoms with Crippen molar-refractivity contribution < 1.29 is 24.5 Å². The van der Waals surface area contributed by atoms with Crippen LogP contribution in [-0.2, 0) is 14.3 Å². The maximum absolute atomic E-state index is 12.5. The average molecular weight is 1060 g/mol. The zero-order valence-electron chi connectivity index (χ0n) is 51.3. The lowest BCUT2D eigenvalue weighted by atomic mass is 10.0. The summed E-state index contributed by atoms with van der Waals surface area (Å²) in [5.41, 5.74) is 0. The first-order chi connectivity index (χ1) is 37.0.